The van der Waals surface area contributed by atoms with Gasteiger partial charge in [0.1, 0.15) is 11.6 Å². The number of ether oxygens (including phenoxy) is 1. The minimum Gasteiger partial charge on any atom is -0.449 e. The van der Waals surface area contributed by atoms with Crippen molar-refractivity contribution in [1.82, 2.24) is 0 Å². The summed E-state index contributed by atoms with van der Waals surface area (Å²) in [5.41, 5.74) is -0.175. The highest BCUT2D eigenvalue weighted by Crippen LogP contribution is 2.36. The average molecular weight is 391 g/mol. The van der Waals surface area contributed by atoms with Crippen molar-refractivity contribution >= 4 is 37.5 Å². The minimum absolute atomic E-state index is 0.0838. The normalized spacial score (nSPS) is 10.3. The number of hydrogen-bond donors (Lipinski definition) is 0. The minimum atomic E-state index is -0.544. The number of rotatable bonds is 3. The molecule has 98 valence electrons. The molecule has 0 spiro atoms. The molecule has 0 fully saturated rings. The second-order valence-electron chi connectivity index (χ2n) is 3.55. The molecule has 7 heteroatoms. The monoisotopic (exact) mass is 389 g/mol. The van der Waals surface area contributed by atoms with Crippen molar-refractivity contribution in [2.45, 2.75) is 0 Å². The van der Waals surface area contributed by atoms with Crippen LogP contribution in [0.3, 0.4) is 0 Å². The van der Waals surface area contributed by atoms with Crippen molar-refractivity contribution in [3.63, 3.8) is 0 Å². The molecule has 0 aromatic heterocycles. The fourth-order valence-corrected chi connectivity index (χ4v) is 2.18. The van der Waals surface area contributed by atoms with Gasteiger partial charge in [-0.25, -0.2) is 4.39 Å². The second kappa shape index (κ2) is 5.66. The van der Waals surface area contributed by atoms with E-state index in [0.717, 1.165) is 0 Å². The van der Waals surface area contributed by atoms with Crippen LogP contribution in [0.2, 0.25) is 0 Å². The highest BCUT2D eigenvalue weighted by molar-refractivity contribution is 9.10. The second-order valence-corrected chi connectivity index (χ2v) is 5.32. The summed E-state index contributed by atoms with van der Waals surface area (Å²) in [7, 11) is 0. The number of nitro benzene ring substituents is 1. The quantitative estimate of drug-likeness (QED) is 0.544. The van der Waals surface area contributed by atoms with Gasteiger partial charge in [0.25, 0.3) is 0 Å². The Morgan fingerprint density at radius 2 is 1.79 bits per heavy atom. The van der Waals surface area contributed by atoms with Crippen molar-refractivity contribution in [3.8, 4) is 11.5 Å². The first-order valence-corrected chi connectivity index (χ1v) is 6.63. The van der Waals surface area contributed by atoms with E-state index < -0.39 is 10.7 Å². The van der Waals surface area contributed by atoms with E-state index in [2.05, 4.69) is 31.9 Å². The summed E-state index contributed by atoms with van der Waals surface area (Å²) in [4.78, 5) is 10.4. The number of benzene rings is 2. The molecular formula is C12H6Br2FNO3. The lowest BCUT2D eigenvalue weighted by molar-refractivity contribution is -0.385. The molecule has 4 nitrogen and oxygen atoms in total. The summed E-state index contributed by atoms with van der Waals surface area (Å²) < 4.78 is 19.3. The fraction of sp³-hybridized carbons (Fsp3) is 0. The smallest absolute Gasteiger partial charge is 0.312 e. The van der Waals surface area contributed by atoms with Crippen molar-refractivity contribution in [2.24, 2.45) is 0 Å². The molecule has 2 rings (SSSR count). The van der Waals surface area contributed by atoms with Crippen molar-refractivity contribution < 1.29 is 14.1 Å². The third-order valence-corrected chi connectivity index (χ3v) is 3.34. The van der Waals surface area contributed by atoms with E-state index in [1.807, 2.05) is 0 Å². The van der Waals surface area contributed by atoms with Crippen molar-refractivity contribution in [3.05, 3.63) is 61.3 Å². The SMILES string of the molecule is O=[N+]([O-])c1cc(Br)ccc1Oc1ccc(F)cc1Br. The number of nitro groups is 1. The highest BCUT2D eigenvalue weighted by atomic mass is 79.9. The van der Waals surface area contributed by atoms with Gasteiger partial charge >= 0.3 is 5.69 Å². The average Bonchev–Trinajstić information content (AvgIpc) is 2.34. The zero-order valence-corrected chi connectivity index (χ0v) is 12.4. The van der Waals surface area contributed by atoms with Gasteiger partial charge < -0.3 is 4.74 Å². The lowest BCUT2D eigenvalue weighted by Crippen LogP contribution is -1.94. The maximum Gasteiger partial charge on any atom is 0.312 e. The topological polar surface area (TPSA) is 52.4 Å². The molecule has 0 saturated carbocycles. The molecule has 19 heavy (non-hydrogen) atoms. The first kappa shape index (κ1) is 14.0. The molecule has 0 saturated heterocycles. The van der Waals surface area contributed by atoms with Gasteiger partial charge in [0.05, 0.1) is 9.40 Å². The van der Waals surface area contributed by atoms with Gasteiger partial charge in [-0.3, -0.25) is 10.1 Å². The van der Waals surface area contributed by atoms with Crippen LogP contribution >= 0.6 is 31.9 Å². The molecule has 0 radical (unpaired) electrons. The van der Waals surface area contributed by atoms with E-state index in [9.17, 15) is 14.5 Å². The van der Waals surface area contributed by atoms with Crippen LogP contribution in [-0.4, -0.2) is 4.92 Å². The summed E-state index contributed by atoms with van der Waals surface area (Å²) in [6, 6.07) is 8.26. The van der Waals surface area contributed by atoms with Gasteiger partial charge in [-0.15, -0.1) is 0 Å². The molecule has 0 heterocycles. The Bertz CT molecular complexity index is 649. The van der Waals surface area contributed by atoms with Crippen molar-refractivity contribution in [1.29, 1.82) is 0 Å². The molecule has 0 atom stereocenters. The molecule has 0 amide bonds. The number of halogens is 3. The molecule has 0 aliphatic rings. The maximum atomic E-state index is 12.9. The van der Waals surface area contributed by atoms with E-state index in [1.54, 1.807) is 6.07 Å². The standard InChI is InChI=1S/C12H6Br2FNO3/c13-7-1-3-12(10(5-7)16(17)18)19-11-4-2-8(15)6-9(11)14/h1-6H. The number of nitrogens with zero attached hydrogens (tertiary/aromatic N) is 1. The van der Waals surface area contributed by atoms with E-state index in [4.69, 9.17) is 4.74 Å². The van der Waals surface area contributed by atoms with E-state index in [1.165, 1.54) is 30.3 Å². The first-order chi connectivity index (χ1) is 8.97. The summed E-state index contributed by atoms with van der Waals surface area (Å²) in [5, 5.41) is 10.9. The van der Waals surface area contributed by atoms with Crippen LogP contribution in [0.25, 0.3) is 0 Å². The Morgan fingerprint density at radius 3 is 2.42 bits per heavy atom. The third kappa shape index (κ3) is 3.30. The summed E-state index contributed by atoms with van der Waals surface area (Å²) in [5.74, 6) is -0.0446. The molecule has 0 aliphatic heterocycles. The van der Waals surface area contributed by atoms with Crippen LogP contribution < -0.4 is 4.74 Å². The molecule has 0 unspecified atom stereocenters. The summed E-state index contributed by atoms with van der Waals surface area (Å²) >= 11 is 6.29. The van der Waals surface area contributed by atoms with E-state index >= 15 is 0 Å². The lowest BCUT2D eigenvalue weighted by atomic mass is 10.3. The largest absolute Gasteiger partial charge is 0.449 e. The zero-order valence-electron chi connectivity index (χ0n) is 9.27. The lowest BCUT2D eigenvalue weighted by Gasteiger charge is -2.08. The maximum absolute atomic E-state index is 12.9. The molecule has 2 aromatic carbocycles. The van der Waals surface area contributed by atoms with Crippen LogP contribution in [0.5, 0.6) is 11.5 Å². The molecule has 2 aromatic rings. The Balaban J connectivity index is 2.40. The third-order valence-electron chi connectivity index (χ3n) is 2.23. The van der Waals surface area contributed by atoms with Gasteiger partial charge in [-0.05, 0) is 46.3 Å². The fourth-order valence-electron chi connectivity index (χ4n) is 1.40. The van der Waals surface area contributed by atoms with Gasteiger partial charge in [-0.1, -0.05) is 15.9 Å². The van der Waals surface area contributed by atoms with E-state index in [-0.39, 0.29) is 11.4 Å². The van der Waals surface area contributed by atoms with Gasteiger partial charge in [0, 0.05) is 10.5 Å². The molecule has 0 aliphatic carbocycles. The molecule has 0 bridgehead atoms. The van der Waals surface area contributed by atoms with Gasteiger partial charge in [-0.2, -0.15) is 0 Å². The van der Waals surface area contributed by atoms with Crippen LogP contribution in [0.4, 0.5) is 10.1 Å². The molecular weight excluding hydrogens is 385 g/mol. The Labute approximate surface area is 124 Å². The summed E-state index contributed by atoms with van der Waals surface area (Å²) in [6.07, 6.45) is 0. The zero-order chi connectivity index (χ0) is 14.0. The molecule has 0 N–H and O–H groups in total. The Kier molecular flexibility index (Phi) is 4.16. The van der Waals surface area contributed by atoms with Crippen molar-refractivity contribution in [2.75, 3.05) is 0 Å². The first-order valence-electron chi connectivity index (χ1n) is 5.04. The Morgan fingerprint density at radius 1 is 1.11 bits per heavy atom. The van der Waals surface area contributed by atoms with Crippen LogP contribution in [0, 0.1) is 15.9 Å². The summed E-state index contributed by atoms with van der Waals surface area (Å²) in [6.45, 7) is 0. The van der Waals surface area contributed by atoms with Crippen LogP contribution in [0.1, 0.15) is 0 Å². The van der Waals surface area contributed by atoms with Gasteiger partial charge in [0.15, 0.2) is 0 Å². The van der Waals surface area contributed by atoms with Gasteiger partial charge in [0.2, 0.25) is 5.75 Å². The highest BCUT2D eigenvalue weighted by Gasteiger charge is 2.17. The predicted molar refractivity (Wildman–Crippen MR) is 75.0 cm³/mol. The number of hydrogen-bond acceptors (Lipinski definition) is 3. The van der Waals surface area contributed by atoms with Crippen LogP contribution in [-0.2, 0) is 0 Å². The Hall–Kier alpha value is -1.47. The van der Waals surface area contributed by atoms with Crippen LogP contribution in [0.15, 0.2) is 45.3 Å². The predicted octanol–water partition coefficient (Wildman–Crippen LogP) is 5.05. The van der Waals surface area contributed by atoms with E-state index in [0.29, 0.717) is 14.7 Å².